The minimum atomic E-state index is -0.374. The highest BCUT2D eigenvalue weighted by Crippen LogP contribution is 2.18. The molecule has 1 aromatic heterocycles. The Labute approximate surface area is 117 Å². The second kappa shape index (κ2) is 5.85. The Morgan fingerprint density at radius 1 is 1.32 bits per heavy atom. The Balaban J connectivity index is 2.11. The number of nitrogens with zero attached hydrogens (tertiary/aromatic N) is 1. The van der Waals surface area contributed by atoms with E-state index in [4.69, 9.17) is 16.3 Å². The average molecular weight is 277 g/mol. The molecule has 0 N–H and O–H groups in total. The van der Waals surface area contributed by atoms with Crippen LogP contribution in [0.25, 0.3) is 0 Å². The first-order valence-electron chi connectivity index (χ1n) is 5.98. The molecule has 0 fully saturated rings. The molecular weight excluding hydrogens is 262 g/mol. The molecule has 0 radical (unpaired) electrons. The molecule has 0 saturated heterocycles. The highest BCUT2D eigenvalue weighted by atomic mass is 35.5. The first-order chi connectivity index (χ1) is 9.06. The Hall–Kier alpha value is -1.87. The second-order valence-corrected chi connectivity index (χ2v) is 4.80. The molecule has 0 aliphatic heterocycles. The van der Waals surface area contributed by atoms with Gasteiger partial charge < -0.3 is 4.74 Å². The number of rotatable bonds is 3. The Morgan fingerprint density at radius 2 is 2.11 bits per heavy atom. The molecule has 1 atom stereocenters. The number of ether oxygens (including phenoxy) is 1. The molecule has 98 valence electrons. The van der Waals surface area contributed by atoms with Gasteiger partial charge in [0.2, 0.25) is 0 Å². The van der Waals surface area contributed by atoms with E-state index in [2.05, 4.69) is 0 Å². The molecule has 2 aromatic rings. The molecule has 0 aliphatic carbocycles. The number of pyridine rings is 1. The third kappa shape index (κ3) is 3.55. The lowest BCUT2D eigenvalue weighted by Gasteiger charge is -2.12. The number of carbonyl (C=O) groups is 1. The van der Waals surface area contributed by atoms with Crippen molar-refractivity contribution in [3.8, 4) is 0 Å². The summed E-state index contributed by atoms with van der Waals surface area (Å²) in [6.45, 7) is 1.85. The predicted molar refractivity (Wildman–Crippen MR) is 72.9 cm³/mol. The second-order valence-electron chi connectivity index (χ2n) is 4.36. The van der Waals surface area contributed by atoms with Gasteiger partial charge in [-0.2, -0.15) is 0 Å². The number of benzene rings is 1. The summed E-state index contributed by atoms with van der Waals surface area (Å²) in [6.07, 6.45) is 3.55. The van der Waals surface area contributed by atoms with Crippen molar-refractivity contribution < 1.29 is 14.1 Å². The first kappa shape index (κ1) is 13.6. The molecule has 0 spiro atoms. The van der Waals surface area contributed by atoms with Crippen LogP contribution in [0.15, 0.2) is 48.8 Å². The van der Waals surface area contributed by atoms with Crippen molar-refractivity contribution in [3.63, 3.8) is 0 Å². The SMILES string of the molecule is C[C@@H](OC(=O)c1cccc(Cl)c1)c1ccc[n+](C)c1. The normalized spacial score (nSPS) is 11.9. The van der Waals surface area contributed by atoms with Crippen LogP contribution in [0, 0.1) is 0 Å². The van der Waals surface area contributed by atoms with Gasteiger partial charge in [0.05, 0.1) is 11.1 Å². The molecule has 0 unspecified atom stereocenters. The van der Waals surface area contributed by atoms with E-state index < -0.39 is 0 Å². The van der Waals surface area contributed by atoms with Crippen LogP contribution in [0.5, 0.6) is 0 Å². The summed E-state index contributed by atoms with van der Waals surface area (Å²) < 4.78 is 7.34. The number of hydrogen-bond donors (Lipinski definition) is 0. The average Bonchev–Trinajstić information content (AvgIpc) is 2.38. The minimum Gasteiger partial charge on any atom is -0.454 e. The third-order valence-corrected chi connectivity index (χ3v) is 3.01. The Bertz CT molecular complexity index is 598. The van der Waals surface area contributed by atoms with Gasteiger partial charge in [0, 0.05) is 11.1 Å². The molecule has 19 heavy (non-hydrogen) atoms. The van der Waals surface area contributed by atoms with Crippen LogP contribution in [-0.4, -0.2) is 5.97 Å². The molecule has 0 saturated carbocycles. The molecule has 0 aliphatic rings. The highest BCUT2D eigenvalue weighted by molar-refractivity contribution is 6.30. The molecule has 3 nitrogen and oxygen atoms in total. The first-order valence-corrected chi connectivity index (χ1v) is 6.36. The van der Waals surface area contributed by atoms with Gasteiger partial charge in [0.15, 0.2) is 12.4 Å². The number of halogens is 1. The number of aromatic nitrogens is 1. The summed E-state index contributed by atoms with van der Waals surface area (Å²) in [5.74, 6) is -0.374. The van der Waals surface area contributed by atoms with Gasteiger partial charge in [-0.25, -0.2) is 9.36 Å². The van der Waals surface area contributed by atoms with Crippen molar-refractivity contribution in [2.24, 2.45) is 7.05 Å². The lowest BCUT2D eigenvalue weighted by molar-refractivity contribution is -0.672. The lowest BCUT2D eigenvalue weighted by Crippen LogP contribution is -2.27. The fraction of sp³-hybridized carbons (Fsp3) is 0.200. The number of esters is 1. The summed E-state index contributed by atoms with van der Waals surface area (Å²) in [7, 11) is 1.93. The molecule has 0 bridgehead atoms. The molecule has 1 heterocycles. The number of aryl methyl sites for hydroxylation is 1. The smallest absolute Gasteiger partial charge is 0.338 e. The van der Waals surface area contributed by atoms with Crippen molar-refractivity contribution in [2.75, 3.05) is 0 Å². The fourth-order valence-electron chi connectivity index (χ4n) is 1.76. The summed E-state index contributed by atoms with van der Waals surface area (Å²) in [4.78, 5) is 12.0. The topological polar surface area (TPSA) is 30.2 Å². The van der Waals surface area contributed by atoms with E-state index in [9.17, 15) is 4.79 Å². The van der Waals surface area contributed by atoms with E-state index in [1.165, 1.54) is 0 Å². The number of hydrogen-bond acceptors (Lipinski definition) is 2. The van der Waals surface area contributed by atoms with Crippen LogP contribution in [-0.2, 0) is 11.8 Å². The zero-order valence-electron chi connectivity index (χ0n) is 10.8. The molecule has 0 amide bonds. The summed E-state index contributed by atoms with van der Waals surface area (Å²) in [5.41, 5.74) is 1.40. The van der Waals surface area contributed by atoms with E-state index in [1.54, 1.807) is 24.3 Å². The van der Waals surface area contributed by atoms with Gasteiger partial charge in [-0.3, -0.25) is 0 Å². The van der Waals surface area contributed by atoms with Crippen LogP contribution >= 0.6 is 11.6 Å². The number of carbonyl (C=O) groups excluding carboxylic acids is 1. The van der Waals surface area contributed by atoms with Crippen molar-refractivity contribution in [1.82, 2.24) is 0 Å². The van der Waals surface area contributed by atoms with Gasteiger partial charge in [-0.1, -0.05) is 17.7 Å². The third-order valence-electron chi connectivity index (χ3n) is 2.78. The van der Waals surface area contributed by atoms with Crippen LogP contribution in [0.3, 0.4) is 0 Å². The summed E-state index contributed by atoms with van der Waals surface area (Å²) in [6, 6.07) is 10.6. The fourth-order valence-corrected chi connectivity index (χ4v) is 1.95. The van der Waals surface area contributed by atoms with Gasteiger partial charge >= 0.3 is 5.97 Å². The zero-order valence-corrected chi connectivity index (χ0v) is 11.6. The van der Waals surface area contributed by atoms with Crippen LogP contribution in [0.1, 0.15) is 28.9 Å². The van der Waals surface area contributed by atoms with Gasteiger partial charge in [0.25, 0.3) is 0 Å². The van der Waals surface area contributed by atoms with Crippen molar-refractivity contribution >= 4 is 17.6 Å². The summed E-state index contributed by atoms with van der Waals surface area (Å²) >= 11 is 5.85. The molecule has 1 aromatic carbocycles. The van der Waals surface area contributed by atoms with E-state index >= 15 is 0 Å². The molecule has 2 rings (SSSR count). The van der Waals surface area contributed by atoms with Crippen LogP contribution < -0.4 is 4.57 Å². The van der Waals surface area contributed by atoms with Gasteiger partial charge in [-0.15, -0.1) is 0 Å². The van der Waals surface area contributed by atoms with Gasteiger partial charge in [0.1, 0.15) is 13.2 Å². The zero-order chi connectivity index (χ0) is 13.8. The van der Waals surface area contributed by atoms with Crippen molar-refractivity contribution in [1.29, 1.82) is 0 Å². The predicted octanol–water partition coefficient (Wildman–Crippen LogP) is 3.08. The minimum absolute atomic E-state index is 0.307. The maximum atomic E-state index is 12.0. The van der Waals surface area contributed by atoms with E-state index in [1.807, 2.05) is 43.1 Å². The molecular formula is C15H15ClNO2+. The summed E-state index contributed by atoms with van der Waals surface area (Å²) in [5, 5.41) is 0.521. The molecule has 4 heteroatoms. The van der Waals surface area contributed by atoms with E-state index in [0.29, 0.717) is 10.6 Å². The van der Waals surface area contributed by atoms with Gasteiger partial charge in [-0.05, 0) is 31.2 Å². The van der Waals surface area contributed by atoms with Crippen LogP contribution in [0.4, 0.5) is 0 Å². The highest BCUT2D eigenvalue weighted by Gasteiger charge is 2.15. The monoisotopic (exact) mass is 276 g/mol. The van der Waals surface area contributed by atoms with E-state index in [-0.39, 0.29) is 12.1 Å². The maximum absolute atomic E-state index is 12.0. The Kier molecular flexibility index (Phi) is 4.17. The Morgan fingerprint density at radius 3 is 2.79 bits per heavy atom. The van der Waals surface area contributed by atoms with Crippen LogP contribution in [0.2, 0.25) is 5.02 Å². The van der Waals surface area contributed by atoms with Crippen molar-refractivity contribution in [2.45, 2.75) is 13.0 Å². The van der Waals surface area contributed by atoms with E-state index in [0.717, 1.165) is 5.56 Å². The maximum Gasteiger partial charge on any atom is 0.338 e. The quantitative estimate of drug-likeness (QED) is 0.637. The standard InChI is InChI=1S/C15H15ClNO2/c1-11(13-6-4-8-17(2)10-13)19-15(18)12-5-3-7-14(16)9-12/h3-11H,1-2H3/q+1/t11-/m1/s1. The largest absolute Gasteiger partial charge is 0.454 e. The lowest BCUT2D eigenvalue weighted by atomic mass is 10.2. The van der Waals surface area contributed by atoms with Crippen molar-refractivity contribution in [3.05, 3.63) is 64.9 Å².